The second-order valence-corrected chi connectivity index (χ2v) is 2.78. The van der Waals surface area contributed by atoms with Gasteiger partial charge in [-0.3, -0.25) is 0 Å². The Labute approximate surface area is 89.1 Å². The molecule has 0 atom stereocenters. The summed E-state index contributed by atoms with van der Waals surface area (Å²) in [5, 5.41) is 3.04. The van der Waals surface area contributed by atoms with Gasteiger partial charge in [-0.1, -0.05) is 6.08 Å². The molecule has 0 saturated carbocycles. The summed E-state index contributed by atoms with van der Waals surface area (Å²) >= 11 is 0. The third-order valence-corrected chi connectivity index (χ3v) is 1.73. The van der Waals surface area contributed by atoms with Crippen LogP contribution in [0.1, 0.15) is 6.42 Å². The lowest BCUT2D eigenvalue weighted by atomic mass is 10.4. The zero-order valence-electron chi connectivity index (χ0n) is 8.99. The Morgan fingerprint density at radius 1 is 1.33 bits per heavy atom. The van der Waals surface area contributed by atoms with Crippen LogP contribution < -0.4 is 14.8 Å². The smallest absolute Gasteiger partial charge is 0.229 e. The Hall–Kier alpha value is -1.78. The lowest BCUT2D eigenvalue weighted by Gasteiger charge is -2.07. The van der Waals surface area contributed by atoms with Crippen LogP contribution >= 0.6 is 0 Å². The first-order valence-electron chi connectivity index (χ1n) is 4.62. The number of aromatic nitrogens is 2. The highest BCUT2D eigenvalue weighted by atomic mass is 16.5. The highest BCUT2D eigenvalue weighted by Crippen LogP contribution is 2.16. The molecule has 5 nitrogen and oxygen atoms in total. The van der Waals surface area contributed by atoms with Gasteiger partial charge < -0.3 is 14.8 Å². The Balaban J connectivity index is 2.72. The molecule has 0 radical (unpaired) electrons. The van der Waals surface area contributed by atoms with E-state index < -0.39 is 0 Å². The van der Waals surface area contributed by atoms with Crippen LogP contribution in [0.5, 0.6) is 11.8 Å². The molecule has 0 saturated heterocycles. The van der Waals surface area contributed by atoms with Crippen LogP contribution in [0.3, 0.4) is 0 Å². The van der Waals surface area contributed by atoms with E-state index in [1.54, 1.807) is 20.3 Å². The van der Waals surface area contributed by atoms with Crippen LogP contribution in [0.4, 0.5) is 5.95 Å². The monoisotopic (exact) mass is 209 g/mol. The number of hydrogen-bond donors (Lipinski definition) is 1. The van der Waals surface area contributed by atoms with E-state index in [1.807, 2.05) is 6.08 Å². The van der Waals surface area contributed by atoms with Crippen molar-refractivity contribution >= 4 is 5.95 Å². The van der Waals surface area contributed by atoms with Crippen molar-refractivity contribution in [1.29, 1.82) is 0 Å². The fraction of sp³-hybridized carbons (Fsp3) is 0.400. The van der Waals surface area contributed by atoms with E-state index in [2.05, 4.69) is 21.9 Å². The molecule has 1 heterocycles. The summed E-state index contributed by atoms with van der Waals surface area (Å²) in [4.78, 5) is 8.23. The molecule has 0 fully saturated rings. The average Bonchev–Trinajstić information content (AvgIpc) is 2.29. The van der Waals surface area contributed by atoms with Gasteiger partial charge in [0.15, 0.2) is 0 Å². The van der Waals surface area contributed by atoms with Gasteiger partial charge in [0.05, 0.1) is 20.3 Å². The summed E-state index contributed by atoms with van der Waals surface area (Å²) in [7, 11) is 3.10. The minimum Gasteiger partial charge on any atom is -0.481 e. The summed E-state index contributed by atoms with van der Waals surface area (Å²) in [6.45, 7) is 4.37. The first-order valence-corrected chi connectivity index (χ1v) is 4.62. The number of hydrogen-bond acceptors (Lipinski definition) is 5. The van der Waals surface area contributed by atoms with Crippen molar-refractivity contribution in [3.05, 3.63) is 18.7 Å². The topological polar surface area (TPSA) is 56.3 Å². The van der Waals surface area contributed by atoms with E-state index in [-0.39, 0.29) is 0 Å². The molecule has 0 aliphatic heterocycles. The average molecular weight is 209 g/mol. The largest absolute Gasteiger partial charge is 0.481 e. The van der Waals surface area contributed by atoms with Gasteiger partial charge in [-0.15, -0.1) is 6.58 Å². The Kier molecular flexibility index (Phi) is 4.40. The molecule has 0 spiro atoms. The zero-order valence-corrected chi connectivity index (χ0v) is 8.99. The van der Waals surface area contributed by atoms with Gasteiger partial charge in [0.2, 0.25) is 17.7 Å². The molecule has 0 bridgehead atoms. The number of rotatable bonds is 6. The van der Waals surface area contributed by atoms with Crippen LogP contribution in [0.25, 0.3) is 0 Å². The predicted octanol–water partition coefficient (Wildman–Crippen LogP) is 1.48. The van der Waals surface area contributed by atoms with Crippen molar-refractivity contribution in [1.82, 2.24) is 9.97 Å². The first-order chi connectivity index (χ1) is 7.30. The molecule has 0 aliphatic carbocycles. The van der Waals surface area contributed by atoms with Crippen LogP contribution in [-0.2, 0) is 0 Å². The maximum atomic E-state index is 5.01. The molecule has 15 heavy (non-hydrogen) atoms. The molecule has 5 heteroatoms. The number of anilines is 1. The van der Waals surface area contributed by atoms with E-state index in [0.29, 0.717) is 17.7 Å². The SMILES string of the molecule is C=CCCNc1nc(OC)cc(OC)n1. The number of nitrogens with one attached hydrogen (secondary N) is 1. The van der Waals surface area contributed by atoms with Gasteiger partial charge in [0.25, 0.3) is 0 Å². The minimum absolute atomic E-state index is 0.475. The van der Waals surface area contributed by atoms with Crippen molar-refractivity contribution in [2.45, 2.75) is 6.42 Å². The Morgan fingerprint density at radius 2 is 1.93 bits per heavy atom. The van der Waals surface area contributed by atoms with E-state index in [1.165, 1.54) is 0 Å². The molecular weight excluding hydrogens is 194 g/mol. The molecule has 1 aromatic rings. The molecule has 0 unspecified atom stereocenters. The fourth-order valence-corrected chi connectivity index (χ4v) is 0.978. The van der Waals surface area contributed by atoms with Gasteiger partial charge in [0.1, 0.15) is 0 Å². The molecule has 1 N–H and O–H groups in total. The van der Waals surface area contributed by atoms with Crippen LogP contribution in [-0.4, -0.2) is 30.7 Å². The first kappa shape index (κ1) is 11.3. The number of ether oxygens (including phenoxy) is 2. The van der Waals surface area contributed by atoms with Crippen molar-refractivity contribution < 1.29 is 9.47 Å². The maximum absolute atomic E-state index is 5.01. The van der Waals surface area contributed by atoms with Gasteiger partial charge in [-0.2, -0.15) is 9.97 Å². The fourth-order valence-electron chi connectivity index (χ4n) is 0.978. The second kappa shape index (κ2) is 5.85. The third kappa shape index (κ3) is 3.46. The van der Waals surface area contributed by atoms with E-state index in [4.69, 9.17) is 9.47 Å². The Morgan fingerprint density at radius 3 is 2.40 bits per heavy atom. The summed E-state index contributed by atoms with van der Waals surface area (Å²) in [5.74, 6) is 1.44. The molecule has 82 valence electrons. The second-order valence-electron chi connectivity index (χ2n) is 2.78. The molecule has 1 aromatic heterocycles. The van der Waals surface area contributed by atoms with Gasteiger partial charge in [0, 0.05) is 6.54 Å². The normalized spacial score (nSPS) is 9.47. The standard InChI is InChI=1S/C10H15N3O2/c1-4-5-6-11-10-12-8(14-2)7-9(13-10)15-3/h4,7H,1,5-6H2,2-3H3,(H,11,12,13). The van der Waals surface area contributed by atoms with Crippen molar-refractivity contribution in [2.75, 3.05) is 26.1 Å². The molecular formula is C10H15N3O2. The number of nitrogens with zero attached hydrogens (tertiary/aromatic N) is 2. The van der Waals surface area contributed by atoms with E-state index >= 15 is 0 Å². The van der Waals surface area contributed by atoms with E-state index in [9.17, 15) is 0 Å². The Bertz CT molecular complexity index is 306. The van der Waals surface area contributed by atoms with Crippen LogP contribution in [0, 0.1) is 0 Å². The summed E-state index contributed by atoms with van der Waals surface area (Å²) < 4.78 is 10.0. The highest BCUT2D eigenvalue weighted by Gasteiger charge is 2.03. The van der Waals surface area contributed by atoms with E-state index in [0.717, 1.165) is 13.0 Å². The summed E-state index contributed by atoms with van der Waals surface area (Å²) in [6.07, 6.45) is 2.67. The van der Waals surface area contributed by atoms with Crippen molar-refractivity contribution in [3.63, 3.8) is 0 Å². The lowest BCUT2D eigenvalue weighted by Crippen LogP contribution is -2.06. The van der Waals surface area contributed by atoms with Crippen molar-refractivity contribution in [2.24, 2.45) is 0 Å². The molecule has 0 aliphatic rings. The van der Waals surface area contributed by atoms with Gasteiger partial charge >= 0.3 is 0 Å². The quantitative estimate of drug-likeness (QED) is 0.568. The summed E-state index contributed by atoms with van der Waals surface area (Å²) in [5.41, 5.74) is 0. The lowest BCUT2D eigenvalue weighted by molar-refractivity contribution is 0.373. The maximum Gasteiger partial charge on any atom is 0.229 e. The van der Waals surface area contributed by atoms with Crippen LogP contribution in [0.2, 0.25) is 0 Å². The van der Waals surface area contributed by atoms with Gasteiger partial charge in [-0.05, 0) is 6.42 Å². The zero-order chi connectivity index (χ0) is 11.1. The highest BCUT2D eigenvalue weighted by molar-refractivity contribution is 5.33. The van der Waals surface area contributed by atoms with Gasteiger partial charge in [-0.25, -0.2) is 0 Å². The van der Waals surface area contributed by atoms with Crippen molar-refractivity contribution in [3.8, 4) is 11.8 Å². The predicted molar refractivity (Wildman–Crippen MR) is 58.4 cm³/mol. The summed E-state index contributed by atoms with van der Waals surface area (Å²) in [6, 6.07) is 1.62. The molecule has 0 amide bonds. The van der Waals surface area contributed by atoms with Crippen LogP contribution in [0.15, 0.2) is 18.7 Å². The number of methoxy groups -OCH3 is 2. The minimum atomic E-state index is 0.475. The molecule has 1 rings (SSSR count). The molecule has 0 aromatic carbocycles. The third-order valence-electron chi connectivity index (χ3n) is 1.73.